The molecule has 27 heavy (non-hydrogen) atoms. The largest absolute Gasteiger partial charge is 0.493 e. The van der Waals surface area contributed by atoms with Crippen molar-refractivity contribution in [1.82, 2.24) is 10.3 Å². The van der Waals surface area contributed by atoms with E-state index in [9.17, 15) is 4.79 Å². The highest BCUT2D eigenvalue weighted by molar-refractivity contribution is 6.35. The summed E-state index contributed by atoms with van der Waals surface area (Å²) in [6, 6.07) is 11.5. The van der Waals surface area contributed by atoms with Crippen LogP contribution in [0.25, 0.3) is 22.2 Å². The van der Waals surface area contributed by atoms with Crippen molar-refractivity contribution in [1.29, 1.82) is 0 Å². The SMILES string of the molecule is CNC(=O)Cc1ccc2nc(-c3ccc(OC)c(OC)c3Cl)cc(C)c2c1. The molecule has 0 atom stereocenters. The molecule has 0 aliphatic heterocycles. The Bertz CT molecular complexity index is 1020. The Balaban J connectivity index is 2.09. The molecule has 0 spiro atoms. The molecular formula is C21H21ClN2O3. The summed E-state index contributed by atoms with van der Waals surface area (Å²) in [7, 11) is 4.76. The molecular weight excluding hydrogens is 364 g/mol. The van der Waals surface area contributed by atoms with E-state index in [0.29, 0.717) is 22.9 Å². The fraction of sp³-hybridized carbons (Fsp3) is 0.238. The maximum absolute atomic E-state index is 11.6. The summed E-state index contributed by atoms with van der Waals surface area (Å²) in [6.07, 6.45) is 0.342. The number of aromatic nitrogens is 1. The minimum absolute atomic E-state index is 0.0197. The van der Waals surface area contributed by atoms with Crippen molar-refractivity contribution in [2.75, 3.05) is 21.3 Å². The van der Waals surface area contributed by atoms with Crippen molar-refractivity contribution in [3.63, 3.8) is 0 Å². The average Bonchev–Trinajstić information content (AvgIpc) is 2.67. The lowest BCUT2D eigenvalue weighted by Gasteiger charge is -2.14. The van der Waals surface area contributed by atoms with Crippen molar-refractivity contribution in [2.45, 2.75) is 13.3 Å². The second-order valence-corrected chi connectivity index (χ2v) is 6.57. The summed E-state index contributed by atoms with van der Waals surface area (Å²) in [5, 5.41) is 4.11. The van der Waals surface area contributed by atoms with Gasteiger partial charge in [0.15, 0.2) is 11.5 Å². The summed E-state index contributed by atoms with van der Waals surface area (Å²) in [4.78, 5) is 16.4. The number of halogens is 1. The van der Waals surface area contributed by atoms with Crippen molar-refractivity contribution in [3.05, 3.63) is 52.5 Å². The minimum atomic E-state index is -0.0197. The van der Waals surface area contributed by atoms with Crippen LogP contribution < -0.4 is 14.8 Å². The molecule has 0 fully saturated rings. The molecule has 1 aromatic heterocycles. The average molecular weight is 385 g/mol. The Morgan fingerprint density at radius 2 is 1.93 bits per heavy atom. The first-order valence-electron chi connectivity index (χ1n) is 8.50. The molecule has 3 rings (SSSR count). The quantitative estimate of drug-likeness (QED) is 0.717. The van der Waals surface area contributed by atoms with Gasteiger partial charge in [-0.05, 0) is 48.4 Å². The molecule has 2 aromatic carbocycles. The first-order chi connectivity index (χ1) is 13.0. The highest BCUT2D eigenvalue weighted by Gasteiger charge is 2.16. The van der Waals surface area contributed by atoms with E-state index in [4.69, 9.17) is 26.1 Å². The number of aryl methyl sites for hydroxylation is 1. The number of nitrogens with zero attached hydrogens (tertiary/aromatic N) is 1. The second kappa shape index (κ2) is 7.84. The normalized spacial score (nSPS) is 10.7. The summed E-state index contributed by atoms with van der Waals surface area (Å²) >= 11 is 6.54. The Hall–Kier alpha value is -2.79. The van der Waals surface area contributed by atoms with Crippen LogP contribution in [0.15, 0.2) is 36.4 Å². The number of methoxy groups -OCH3 is 2. The van der Waals surface area contributed by atoms with Gasteiger partial charge in [0, 0.05) is 18.0 Å². The van der Waals surface area contributed by atoms with Crippen LogP contribution in [-0.4, -0.2) is 32.2 Å². The number of carbonyl (C=O) groups is 1. The summed E-state index contributed by atoms with van der Waals surface area (Å²) < 4.78 is 10.7. The number of hydrogen-bond acceptors (Lipinski definition) is 4. The third-order valence-electron chi connectivity index (χ3n) is 4.48. The predicted octanol–water partition coefficient (Wildman–Crippen LogP) is 4.17. The van der Waals surface area contributed by atoms with Crippen LogP contribution in [0.2, 0.25) is 5.02 Å². The van der Waals surface area contributed by atoms with E-state index in [0.717, 1.165) is 33.3 Å². The Morgan fingerprint density at radius 3 is 2.59 bits per heavy atom. The van der Waals surface area contributed by atoms with Crippen molar-refractivity contribution in [2.24, 2.45) is 0 Å². The fourth-order valence-corrected chi connectivity index (χ4v) is 3.38. The van der Waals surface area contributed by atoms with Gasteiger partial charge < -0.3 is 14.8 Å². The standard InChI is InChI=1S/C21H21ClN2O3/c1-12-9-17(14-6-8-18(26-3)21(27-4)20(14)22)24-16-7-5-13(10-15(12)16)11-19(25)23-2/h5-10H,11H2,1-4H3,(H,23,25). The zero-order valence-electron chi connectivity index (χ0n) is 15.7. The molecule has 1 N–H and O–H groups in total. The van der Waals surface area contributed by atoms with E-state index in [2.05, 4.69) is 5.32 Å². The van der Waals surface area contributed by atoms with E-state index in [1.807, 2.05) is 43.3 Å². The molecule has 0 unspecified atom stereocenters. The van der Waals surface area contributed by atoms with E-state index in [1.165, 1.54) is 0 Å². The number of likely N-dealkylation sites (N-methyl/N-ethyl adjacent to an activating group) is 1. The van der Waals surface area contributed by atoms with Gasteiger partial charge in [0.25, 0.3) is 0 Å². The van der Waals surface area contributed by atoms with Crippen LogP contribution in [0.4, 0.5) is 0 Å². The number of amides is 1. The van der Waals surface area contributed by atoms with Gasteiger partial charge in [-0.1, -0.05) is 17.7 Å². The number of hydrogen-bond donors (Lipinski definition) is 1. The van der Waals surface area contributed by atoms with Gasteiger partial charge in [0.2, 0.25) is 5.91 Å². The highest BCUT2D eigenvalue weighted by atomic mass is 35.5. The first kappa shape index (κ1) is 19.0. The molecule has 1 amide bonds. The maximum atomic E-state index is 11.6. The second-order valence-electron chi connectivity index (χ2n) is 6.19. The van der Waals surface area contributed by atoms with Gasteiger partial charge in [-0.2, -0.15) is 0 Å². The molecule has 0 bridgehead atoms. The zero-order chi connectivity index (χ0) is 19.6. The Morgan fingerprint density at radius 1 is 1.15 bits per heavy atom. The molecule has 5 nitrogen and oxygen atoms in total. The van der Waals surface area contributed by atoms with Gasteiger partial charge in [-0.3, -0.25) is 4.79 Å². The number of fused-ring (bicyclic) bond motifs is 1. The van der Waals surface area contributed by atoms with Gasteiger partial charge in [0.1, 0.15) is 0 Å². The first-order valence-corrected chi connectivity index (χ1v) is 8.88. The Kier molecular flexibility index (Phi) is 5.51. The van der Waals surface area contributed by atoms with E-state index < -0.39 is 0 Å². The number of ether oxygens (including phenoxy) is 2. The number of carbonyl (C=O) groups excluding carboxylic acids is 1. The molecule has 6 heteroatoms. The molecule has 140 valence electrons. The van der Waals surface area contributed by atoms with Crippen LogP contribution in [-0.2, 0) is 11.2 Å². The van der Waals surface area contributed by atoms with E-state index in [-0.39, 0.29) is 5.91 Å². The smallest absolute Gasteiger partial charge is 0.224 e. The lowest BCUT2D eigenvalue weighted by molar-refractivity contribution is -0.119. The van der Waals surface area contributed by atoms with Crippen LogP contribution in [0.5, 0.6) is 11.5 Å². The third-order valence-corrected chi connectivity index (χ3v) is 4.86. The van der Waals surface area contributed by atoms with E-state index >= 15 is 0 Å². The van der Waals surface area contributed by atoms with Gasteiger partial charge in [-0.25, -0.2) is 4.98 Å². The monoisotopic (exact) mass is 384 g/mol. The van der Waals surface area contributed by atoms with Gasteiger partial charge in [0.05, 0.1) is 36.9 Å². The summed E-state index contributed by atoms with van der Waals surface area (Å²) in [5.41, 5.74) is 4.37. The van der Waals surface area contributed by atoms with Crippen LogP contribution in [0.3, 0.4) is 0 Å². The molecule has 0 saturated heterocycles. The van der Waals surface area contributed by atoms with Crippen molar-refractivity contribution >= 4 is 28.4 Å². The summed E-state index contributed by atoms with van der Waals surface area (Å²) in [6.45, 7) is 2.02. The predicted molar refractivity (Wildman–Crippen MR) is 108 cm³/mol. The lowest BCUT2D eigenvalue weighted by atomic mass is 10.0. The van der Waals surface area contributed by atoms with Crippen LogP contribution >= 0.6 is 11.6 Å². The molecule has 0 aliphatic carbocycles. The topological polar surface area (TPSA) is 60.5 Å². The molecule has 0 radical (unpaired) electrons. The molecule has 0 aliphatic rings. The molecule has 1 heterocycles. The Labute approximate surface area is 163 Å². The zero-order valence-corrected chi connectivity index (χ0v) is 16.5. The van der Waals surface area contributed by atoms with Gasteiger partial charge >= 0.3 is 0 Å². The number of rotatable bonds is 5. The number of benzene rings is 2. The minimum Gasteiger partial charge on any atom is -0.493 e. The molecule has 0 saturated carbocycles. The molecule has 3 aromatic rings. The third kappa shape index (κ3) is 3.69. The van der Waals surface area contributed by atoms with Gasteiger partial charge in [-0.15, -0.1) is 0 Å². The van der Waals surface area contributed by atoms with Crippen molar-refractivity contribution < 1.29 is 14.3 Å². The summed E-state index contributed by atoms with van der Waals surface area (Å²) in [5.74, 6) is 1.04. The fourth-order valence-electron chi connectivity index (χ4n) is 3.05. The van der Waals surface area contributed by atoms with Crippen molar-refractivity contribution in [3.8, 4) is 22.8 Å². The highest BCUT2D eigenvalue weighted by Crippen LogP contribution is 2.41. The lowest BCUT2D eigenvalue weighted by Crippen LogP contribution is -2.19. The number of nitrogens with one attached hydrogen (secondary N) is 1. The maximum Gasteiger partial charge on any atom is 0.224 e. The van der Waals surface area contributed by atoms with Crippen LogP contribution in [0.1, 0.15) is 11.1 Å². The number of pyridine rings is 1. The van der Waals surface area contributed by atoms with E-state index in [1.54, 1.807) is 21.3 Å². The van der Waals surface area contributed by atoms with Crippen LogP contribution in [0, 0.1) is 6.92 Å².